The fourth-order valence-electron chi connectivity index (χ4n) is 4.80. The van der Waals surface area contributed by atoms with Crippen LogP contribution in [-0.4, -0.2) is 58.9 Å². The minimum atomic E-state index is -1.02. The van der Waals surface area contributed by atoms with E-state index in [-0.39, 0.29) is 10.6 Å². The molecule has 0 radical (unpaired) electrons. The van der Waals surface area contributed by atoms with Crippen molar-refractivity contribution in [3.8, 4) is 0 Å². The molecule has 9 nitrogen and oxygen atoms in total. The zero-order chi connectivity index (χ0) is 24.3. The number of likely N-dealkylation sites (N-methyl/N-ethyl adjacent to an activating group) is 1. The van der Waals surface area contributed by atoms with Crippen molar-refractivity contribution in [1.29, 1.82) is 0 Å². The van der Waals surface area contributed by atoms with Gasteiger partial charge < -0.3 is 4.74 Å². The molecule has 2 aliphatic heterocycles. The summed E-state index contributed by atoms with van der Waals surface area (Å²) in [6, 6.07) is 11.9. The van der Waals surface area contributed by atoms with Crippen molar-refractivity contribution < 1.29 is 9.66 Å². The normalized spacial score (nSPS) is 20.3. The van der Waals surface area contributed by atoms with E-state index >= 15 is 0 Å². The van der Waals surface area contributed by atoms with Crippen molar-refractivity contribution in [3.63, 3.8) is 0 Å². The lowest BCUT2D eigenvalue weighted by molar-refractivity contribution is -0.385. The van der Waals surface area contributed by atoms with Gasteiger partial charge in [0.15, 0.2) is 5.66 Å². The van der Waals surface area contributed by atoms with Crippen molar-refractivity contribution >= 4 is 22.8 Å². The van der Waals surface area contributed by atoms with Crippen molar-refractivity contribution in [2.75, 3.05) is 32.8 Å². The molecule has 1 N–H and O–H groups in total. The number of ether oxygens (including phenoxy) is 1. The van der Waals surface area contributed by atoms with Crippen LogP contribution in [0.2, 0.25) is 0 Å². The topological polar surface area (TPSA) is 106 Å². The van der Waals surface area contributed by atoms with Crippen LogP contribution in [0.3, 0.4) is 0 Å². The molecular weight excluding hydrogens is 444 g/mol. The summed E-state index contributed by atoms with van der Waals surface area (Å²) in [6.45, 7) is 6.91. The Bertz CT molecular complexity index is 1300. The lowest BCUT2D eigenvalue weighted by Crippen LogP contribution is -2.38. The molecule has 0 amide bonds. The first-order valence-electron chi connectivity index (χ1n) is 11.8. The van der Waals surface area contributed by atoms with E-state index in [0.29, 0.717) is 29.4 Å². The smallest absolute Gasteiger partial charge is 0.277 e. The second kappa shape index (κ2) is 9.99. The van der Waals surface area contributed by atoms with Crippen LogP contribution < -0.4 is 5.32 Å². The van der Waals surface area contributed by atoms with Crippen molar-refractivity contribution in [1.82, 2.24) is 20.2 Å². The van der Waals surface area contributed by atoms with Crippen LogP contribution in [0.4, 0.5) is 5.69 Å². The number of fused-ring (bicyclic) bond motifs is 1. The predicted octanol–water partition coefficient (Wildman–Crippen LogP) is 3.39. The molecule has 35 heavy (non-hydrogen) atoms. The van der Waals surface area contributed by atoms with Gasteiger partial charge in [-0.3, -0.25) is 25.3 Å². The summed E-state index contributed by atoms with van der Waals surface area (Å²) in [5.74, 6) is 0. The molecule has 3 aromatic rings. The highest BCUT2D eigenvalue weighted by Gasteiger charge is 2.38. The number of hydrogen-bond donors (Lipinski definition) is 1. The Hall–Kier alpha value is -3.53. The summed E-state index contributed by atoms with van der Waals surface area (Å²) in [5, 5.41) is 16.0. The number of aromatic nitrogens is 2. The SMILES string of the molecule is CCNC1(c2cc3ncncc3cc2[N+](=O)[O-])C=C(Cc2cccc(CN3CCOCC3)c2)C=N1. The van der Waals surface area contributed by atoms with Crippen LogP contribution in [0.25, 0.3) is 10.9 Å². The summed E-state index contributed by atoms with van der Waals surface area (Å²) >= 11 is 0. The molecule has 9 heteroatoms. The standard InChI is InChI=1S/C26H28N6O3/c1-2-29-26(23-13-24-22(16-27-18-28-24)12-25(23)32(33)34)14-21(15-30-26)11-19-4-3-5-20(10-19)17-31-6-8-35-9-7-31/h3-5,10,12-16,18,29H,2,6-9,11,17H2,1H3. The molecule has 0 aliphatic carbocycles. The average molecular weight is 473 g/mol. The van der Waals surface area contributed by atoms with Gasteiger partial charge in [-0.05, 0) is 41.8 Å². The summed E-state index contributed by atoms with van der Waals surface area (Å²) in [4.78, 5) is 27.1. The van der Waals surface area contributed by atoms with Crippen LogP contribution in [0, 0.1) is 10.1 Å². The third kappa shape index (κ3) is 4.97. The molecule has 180 valence electrons. The second-order valence-corrected chi connectivity index (χ2v) is 8.87. The Morgan fingerprint density at radius 3 is 2.83 bits per heavy atom. The van der Waals surface area contributed by atoms with Crippen molar-refractivity contribution in [3.05, 3.63) is 87.4 Å². The van der Waals surface area contributed by atoms with Crippen molar-refractivity contribution in [2.24, 2.45) is 4.99 Å². The summed E-state index contributed by atoms with van der Waals surface area (Å²) in [5.41, 5.74) is 3.55. The molecule has 1 aromatic heterocycles. The maximum Gasteiger partial charge on any atom is 0.277 e. The lowest BCUT2D eigenvalue weighted by Gasteiger charge is -2.26. The Morgan fingerprint density at radius 2 is 2.03 bits per heavy atom. The molecule has 1 saturated heterocycles. The van der Waals surface area contributed by atoms with E-state index in [2.05, 4.69) is 44.5 Å². The van der Waals surface area contributed by atoms with Gasteiger partial charge >= 0.3 is 0 Å². The molecule has 1 unspecified atom stereocenters. The van der Waals surface area contributed by atoms with Gasteiger partial charge in [-0.2, -0.15) is 0 Å². The lowest BCUT2D eigenvalue weighted by atomic mass is 9.94. The van der Waals surface area contributed by atoms with Crippen LogP contribution in [0.15, 0.2) is 65.6 Å². The molecular formula is C26H28N6O3. The Morgan fingerprint density at radius 1 is 1.20 bits per heavy atom. The summed E-state index contributed by atoms with van der Waals surface area (Å²) < 4.78 is 5.45. The molecule has 2 aromatic carbocycles. The van der Waals surface area contributed by atoms with Crippen LogP contribution >= 0.6 is 0 Å². The van der Waals surface area contributed by atoms with Crippen LogP contribution in [0.1, 0.15) is 23.6 Å². The molecule has 0 bridgehead atoms. The fourth-order valence-corrected chi connectivity index (χ4v) is 4.80. The molecule has 1 atom stereocenters. The Kier molecular flexibility index (Phi) is 6.63. The highest BCUT2D eigenvalue weighted by molar-refractivity contribution is 5.86. The monoisotopic (exact) mass is 472 g/mol. The van der Waals surface area contributed by atoms with Gasteiger partial charge in [-0.15, -0.1) is 0 Å². The van der Waals surface area contributed by atoms with Gasteiger partial charge in [0, 0.05) is 43.5 Å². The van der Waals surface area contributed by atoms with Gasteiger partial charge in [0.1, 0.15) is 6.33 Å². The van der Waals surface area contributed by atoms with E-state index in [1.807, 2.05) is 19.2 Å². The number of aliphatic imine (C=N–C) groups is 1. The van der Waals surface area contributed by atoms with E-state index in [9.17, 15) is 10.1 Å². The number of rotatable bonds is 8. The van der Waals surface area contributed by atoms with Gasteiger partial charge in [-0.25, -0.2) is 9.97 Å². The third-order valence-corrected chi connectivity index (χ3v) is 6.41. The van der Waals surface area contributed by atoms with Gasteiger partial charge in [-0.1, -0.05) is 31.2 Å². The van der Waals surface area contributed by atoms with E-state index in [0.717, 1.165) is 38.4 Å². The number of benzene rings is 2. The van der Waals surface area contributed by atoms with E-state index in [1.54, 1.807) is 12.3 Å². The Labute approximate surface area is 203 Å². The summed E-state index contributed by atoms with van der Waals surface area (Å²) in [6.07, 6.45) is 7.55. The first-order chi connectivity index (χ1) is 17.1. The molecule has 1 fully saturated rings. The zero-order valence-electron chi connectivity index (χ0n) is 19.7. The number of nitro groups is 1. The summed E-state index contributed by atoms with van der Waals surface area (Å²) in [7, 11) is 0. The molecule has 3 heterocycles. The number of morpholine rings is 1. The van der Waals surface area contributed by atoms with E-state index in [1.165, 1.54) is 23.5 Å². The molecule has 0 saturated carbocycles. The zero-order valence-corrected chi connectivity index (χ0v) is 19.7. The predicted molar refractivity (Wildman–Crippen MR) is 134 cm³/mol. The van der Waals surface area contributed by atoms with Gasteiger partial charge in [0.2, 0.25) is 0 Å². The molecule has 5 rings (SSSR count). The maximum absolute atomic E-state index is 12.0. The van der Waals surface area contributed by atoms with Gasteiger partial charge in [0.25, 0.3) is 5.69 Å². The highest BCUT2D eigenvalue weighted by Crippen LogP contribution is 2.38. The third-order valence-electron chi connectivity index (χ3n) is 6.41. The largest absolute Gasteiger partial charge is 0.379 e. The van der Waals surface area contributed by atoms with Crippen LogP contribution in [-0.2, 0) is 23.4 Å². The quantitative estimate of drug-likeness (QED) is 0.396. The average Bonchev–Trinajstić information content (AvgIpc) is 3.27. The van der Waals surface area contributed by atoms with Crippen molar-refractivity contribution in [2.45, 2.75) is 25.6 Å². The van der Waals surface area contributed by atoms with Gasteiger partial charge in [0.05, 0.1) is 29.2 Å². The number of nitrogens with one attached hydrogen (secondary N) is 1. The highest BCUT2D eigenvalue weighted by atomic mass is 16.6. The fraction of sp³-hybridized carbons (Fsp3) is 0.346. The second-order valence-electron chi connectivity index (χ2n) is 8.87. The number of nitrogens with zero attached hydrogens (tertiary/aromatic N) is 5. The van der Waals surface area contributed by atoms with E-state index < -0.39 is 5.66 Å². The molecule has 0 spiro atoms. The minimum absolute atomic E-state index is 0.00425. The first-order valence-corrected chi connectivity index (χ1v) is 11.8. The number of allylic oxidation sites excluding steroid dienone is 1. The Balaban J connectivity index is 1.45. The first kappa shape index (κ1) is 23.2. The van der Waals surface area contributed by atoms with E-state index in [4.69, 9.17) is 9.73 Å². The minimum Gasteiger partial charge on any atom is -0.379 e. The maximum atomic E-state index is 12.0. The van der Waals surface area contributed by atoms with Crippen LogP contribution in [0.5, 0.6) is 0 Å². The number of nitro benzene ring substituents is 1. The molecule has 2 aliphatic rings. The number of hydrogen-bond acceptors (Lipinski definition) is 8.